The minimum absolute atomic E-state index is 0. The van der Waals surface area contributed by atoms with Crippen molar-refractivity contribution in [3.05, 3.63) is 0 Å². The van der Waals surface area contributed by atoms with E-state index in [2.05, 4.69) is 0 Å². The van der Waals surface area contributed by atoms with Crippen LogP contribution in [0.2, 0.25) is 0 Å². The Bertz CT molecular complexity index is 9.61. The Morgan fingerprint density at radius 3 is 1.20 bits per heavy atom. The summed E-state index contributed by atoms with van der Waals surface area (Å²) in [7, 11) is 0. The zero-order valence-electron chi connectivity index (χ0n) is 2.85. The maximum Gasteiger partial charge on any atom is 1.00 e. The second-order valence-electron chi connectivity index (χ2n) is 0.115. The van der Waals surface area contributed by atoms with Crippen LogP contribution in [-0.4, -0.2) is 17.7 Å². The van der Waals surface area contributed by atoms with E-state index in [1.54, 1.807) is 0 Å². The first kappa shape index (κ1) is 15.9. The molecule has 0 unspecified atom stereocenters. The average Bonchev–Trinajstić information content (AvgIpc) is 0.918. The van der Waals surface area contributed by atoms with Crippen LogP contribution in [0.15, 0.2) is 0 Å². The molecule has 0 atom stereocenters. The molecule has 25 valence electrons. The first-order chi connectivity index (χ1) is 1.41. The van der Waals surface area contributed by atoms with Crippen molar-refractivity contribution in [2.75, 3.05) is 0 Å². The minimum Gasteiger partial charge on any atom is -1.00 e. The van der Waals surface area contributed by atoms with Gasteiger partial charge in [0, 0.05) is 0 Å². The van der Waals surface area contributed by atoms with Gasteiger partial charge in [0.05, 0.1) is 0 Å². The van der Waals surface area contributed by atoms with E-state index in [-0.39, 0.29) is 61.2 Å². The Labute approximate surface area is 70.6 Å². The van der Waals surface area contributed by atoms with E-state index in [9.17, 15) is 0 Å². The van der Waals surface area contributed by atoms with Crippen LogP contribution in [0.1, 0.15) is 0 Å². The molecule has 2 nitrogen and oxygen atoms in total. The van der Waals surface area contributed by atoms with E-state index in [1.807, 2.05) is 0 Å². The normalized spacial score (nSPS) is 2.80. The second-order valence-corrected chi connectivity index (χ2v) is 0.115. The van der Waals surface area contributed by atoms with Crippen molar-refractivity contribution >= 4 is 7.69 Å². The summed E-state index contributed by atoms with van der Waals surface area (Å²) in [4.78, 5) is 0. The van der Waals surface area contributed by atoms with Gasteiger partial charge < -0.3 is 34.0 Å². The number of hydrogen-bond donors (Lipinski definition) is 2. The quantitative estimate of drug-likeness (QED) is 0.297. The van der Waals surface area contributed by atoms with E-state index < -0.39 is 0 Å². The molecule has 0 aromatic heterocycles. The smallest absolute Gasteiger partial charge is 1.00 e. The molecule has 5 heavy (non-hydrogen) atoms. The van der Waals surface area contributed by atoms with Crippen molar-refractivity contribution in [2.45, 2.75) is 0 Å². The van der Waals surface area contributed by atoms with Gasteiger partial charge in [0.1, 0.15) is 0 Å². The minimum atomic E-state index is 0. The van der Waals surface area contributed by atoms with Crippen molar-refractivity contribution < 1.29 is 63.6 Å². The summed E-state index contributed by atoms with van der Waals surface area (Å²) >= 11 is 0. The Hall–Kier alpha value is 1.71. The van der Waals surface area contributed by atoms with Gasteiger partial charge in [-0.1, -0.05) is 0 Å². The van der Waals surface area contributed by atoms with Crippen LogP contribution in [0, 0.1) is 0 Å². The Kier molecular flexibility index (Phi) is 54.8. The van der Waals surface area contributed by atoms with Crippen molar-refractivity contribution in [3.63, 3.8) is 0 Å². The van der Waals surface area contributed by atoms with Gasteiger partial charge in [-0.15, -0.1) is 0 Å². The van der Waals surface area contributed by atoms with Gasteiger partial charge in [-0.05, 0) is 0 Å². The zero-order valence-corrected chi connectivity index (χ0v) is 7.01. The molecule has 0 bridgehead atoms. The largest absolute Gasteiger partial charge is 1.00 e. The van der Waals surface area contributed by atoms with E-state index in [0.29, 0.717) is 0 Å². The molecule has 1 radical (unpaired) electrons. The molecule has 0 saturated heterocycles. The molecule has 0 aliphatic heterocycles. The molecule has 2 N–H and O–H groups in total. The summed E-state index contributed by atoms with van der Waals surface area (Å²) < 4.78 is 0. The number of halogens is 1. The van der Waals surface area contributed by atoms with Crippen molar-refractivity contribution in [1.82, 2.24) is 0 Å². The van der Waals surface area contributed by atoms with Crippen LogP contribution >= 0.6 is 0 Å². The standard InChI is InChI=1S/BH2O2.HI.Na/c2-1-3;;/h2-3H;1H;/q;;+1/p-1. The van der Waals surface area contributed by atoms with Crippen LogP contribution in [0.25, 0.3) is 0 Å². The van der Waals surface area contributed by atoms with Gasteiger partial charge in [-0.2, -0.15) is 0 Å². The van der Waals surface area contributed by atoms with E-state index in [0.717, 1.165) is 0 Å². The molecule has 0 heterocycles. The van der Waals surface area contributed by atoms with Crippen molar-refractivity contribution in [3.8, 4) is 0 Å². The molecule has 0 fully saturated rings. The second kappa shape index (κ2) is 17.2. The van der Waals surface area contributed by atoms with E-state index >= 15 is 0 Å². The third-order valence-corrected chi connectivity index (χ3v) is 0. The summed E-state index contributed by atoms with van der Waals surface area (Å²) in [6, 6.07) is 0. The Balaban J connectivity index is -0.0000000200. The predicted molar refractivity (Wildman–Crippen MR) is 10.2 cm³/mol. The van der Waals surface area contributed by atoms with E-state index in [4.69, 9.17) is 10.0 Å². The summed E-state index contributed by atoms with van der Waals surface area (Å²) in [5.74, 6) is 0. The van der Waals surface area contributed by atoms with Crippen molar-refractivity contribution in [2.24, 2.45) is 0 Å². The zero-order chi connectivity index (χ0) is 2.71. The van der Waals surface area contributed by atoms with Crippen LogP contribution < -0.4 is 53.5 Å². The molecule has 0 aliphatic carbocycles. The molecule has 0 rings (SSSR count). The van der Waals surface area contributed by atoms with Crippen LogP contribution in [0.4, 0.5) is 0 Å². The molecule has 0 aliphatic rings. The van der Waals surface area contributed by atoms with Crippen LogP contribution in [0.5, 0.6) is 0 Å². The molecular weight excluding hydrogens is 193 g/mol. The average molecular weight is 195 g/mol. The fourth-order valence-corrected chi connectivity index (χ4v) is 0. The summed E-state index contributed by atoms with van der Waals surface area (Å²) in [6.07, 6.45) is 0. The third-order valence-electron chi connectivity index (χ3n) is 0. The fourth-order valence-electron chi connectivity index (χ4n) is 0. The van der Waals surface area contributed by atoms with Crippen LogP contribution in [0.3, 0.4) is 0 Å². The topological polar surface area (TPSA) is 40.5 Å². The van der Waals surface area contributed by atoms with Gasteiger partial charge in [-0.3, -0.25) is 0 Å². The van der Waals surface area contributed by atoms with Gasteiger partial charge in [-0.25, -0.2) is 0 Å². The first-order valence-corrected chi connectivity index (χ1v) is 0.516. The van der Waals surface area contributed by atoms with Gasteiger partial charge in [0.2, 0.25) is 0 Å². The Morgan fingerprint density at radius 2 is 1.20 bits per heavy atom. The summed E-state index contributed by atoms with van der Waals surface area (Å²) in [6.45, 7) is 0. The molecule has 0 spiro atoms. The third kappa shape index (κ3) is 26.8. The summed E-state index contributed by atoms with van der Waals surface area (Å²) in [5.41, 5.74) is 0. The van der Waals surface area contributed by atoms with Gasteiger partial charge in [0.25, 0.3) is 0 Å². The SMILES string of the molecule is O[B]O.[I-].[Na+]. The van der Waals surface area contributed by atoms with E-state index in [1.165, 1.54) is 0 Å². The van der Waals surface area contributed by atoms with Crippen molar-refractivity contribution in [1.29, 1.82) is 0 Å². The predicted octanol–water partition coefficient (Wildman–Crippen LogP) is -7.49. The van der Waals surface area contributed by atoms with Gasteiger partial charge >= 0.3 is 37.2 Å². The maximum absolute atomic E-state index is 7.00. The molecule has 5 heteroatoms. The molecule has 0 amide bonds. The Morgan fingerprint density at radius 1 is 1.20 bits per heavy atom. The maximum atomic E-state index is 7.00. The first-order valence-electron chi connectivity index (χ1n) is 0.516. The molecule has 0 saturated carbocycles. The molecular formula is H2BINaO2. The molecule has 0 aromatic rings. The van der Waals surface area contributed by atoms with Gasteiger partial charge in [0.15, 0.2) is 0 Å². The number of hydrogen-bond acceptors (Lipinski definition) is 2. The number of rotatable bonds is 0. The monoisotopic (exact) mass is 195 g/mol. The summed E-state index contributed by atoms with van der Waals surface area (Å²) in [5, 5.41) is 14.0. The van der Waals surface area contributed by atoms with Crippen LogP contribution in [-0.2, 0) is 0 Å². The fraction of sp³-hybridized carbons (Fsp3) is 0. The molecule has 0 aromatic carbocycles.